The highest BCUT2D eigenvalue weighted by Gasteiger charge is 2.05. The largest absolute Gasteiger partial charge is 0.457 e. The van der Waals surface area contributed by atoms with Crippen LogP contribution in [0.15, 0.2) is 36.4 Å². The molecule has 0 saturated heterocycles. The summed E-state index contributed by atoms with van der Waals surface area (Å²) in [5.41, 5.74) is 4.57. The van der Waals surface area contributed by atoms with Gasteiger partial charge >= 0.3 is 0 Å². The molecule has 0 aliphatic heterocycles. The molecule has 2 aromatic rings. The summed E-state index contributed by atoms with van der Waals surface area (Å²) in [5, 5.41) is 0. The Hall–Kier alpha value is -1.47. The Morgan fingerprint density at radius 3 is 2.33 bits per heavy atom. The number of benzene rings is 2. The smallest absolute Gasteiger partial charge is 0.130 e. The van der Waals surface area contributed by atoms with E-state index in [0.29, 0.717) is 5.88 Å². The van der Waals surface area contributed by atoms with Crippen molar-refractivity contribution in [2.75, 3.05) is 0 Å². The molecule has 0 atom stereocenters. The maximum Gasteiger partial charge on any atom is 0.130 e. The predicted molar refractivity (Wildman–Crippen MR) is 76.7 cm³/mol. The van der Waals surface area contributed by atoms with Gasteiger partial charge < -0.3 is 4.74 Å². The van der Waals surface area contributed by atoms with Crippen molar-refractivity contribution in [3.63, 3.8) is 0 Å². The summed E-state index contributed by atoms with van der Waals surface area (Å²) in [4.78, 5) is 0. The Morgan fingerprint density at radius 2 is 1.67 bits per heavy atom. The van der Waals surface area contributed by atoms with E-state index in [0.717, 1.165) is 28.2 Å². The van der Waals surface area contributed by atoms with Crippen molar-refractivity contribution < 1.29 is 4.74 Å². The number of hydrogen-bond donors (Lipinski definition) is 0. The number of halogens is 1. The van der Waals surface area contributed by atoms with Crippen LogP contribution in [0.1, 0.15) is 22.3 Å². The molecule has 18 heavy (non-hydrogen) atoms. The van der Waals surface area contributed by atoms with Crippen molar-refractivity contribution in [2.45, 2.75) is 26.7 Å². The monoisotopic (exact) mass is 260 g/mol. The molecule has 2 heteroatoms. The van der Waals surface area contributed by atoms with Crippen molar-refractivity contribution in [2.24, 2.45) is 0 Å². The number of ether oxygens (including phenoxy) is 1. The first-order valence-electron chi connectivity index (χ1n) is 6.01. The molecular formula is C16H17ClO. The highest BCUT2D eigenvalue weighted by molar-refractivity contribution is 6.17. The average Bonchev–Trinajstić information content (AvgIpc) is 2.35. The molecule has 0 N–H and O–H groups in total. The van der Waals surface area contributed by atoms with Gasteiger partial charge in [0.2, 0.25) is 0 Å². The third-order valence-corrected chi connectivity index (χ3v) is 3.27. The van der Waals surface area contributed by atoms with Gasteiger partial charge in [-0.25, -0.2) is 0 Å². The molecule has 0 aromatic heterocycles. The first kappa shape index (κ1) is 13.0. The third-order valence-electron chi connectivity index (χ3n) is 2.96. The SMILES string of the molecule is Cc1ccc(Oc2cc(CCl)ccc2C)c(C)c1. The first-order valence-corrected chi connectivity index (χ1v) is 6.54. The lowest BCUT2D eigenvalue weighted by Crippen LogP contribution is -1.92. The predicted octanol–water partition coefficient (Wildman–Crippen LogP) is 5.14. The van der Waals surface area contributed by atoms with Gasteiger partial charge in [-0.1, -0.05) is 29.8 Å². The molecule has 0 saturated carbocycles. The molecule has 0 heterocycles. The van der Waals surface area contributed by atoms with Crippen LogP contribution in [0.25, 0.3) is 0 Å². The van der Waals surface area contributed by atoms with E-state index in [9.17, 15) is 0 Å². The van der Waals surface area contributed by atoms with Gasteiger partial charge in [-0.3, -0.25) is 0 Å². The maximum atomic E-state index is 5.98. The highest BCUT2D eigenvalue weighted by atomic mass is 35.5. The van der Waals surface area contributed by atoms with Crippen LogP contribution in [-0.2, 0) is 5.88 Å². The summed E-state index contributed by atoms with van der Waals surface area (Å²) in [6, 6.07) is 12.3. The Morgan fingerprint density at radius 1 is 0.889 bits per heavy atom. The second-order valence-corrected chi connectivity index (χ2v) is 4.87. The molecule has 94 valence electrons. The van der Waals surface area contributed by atoms with Crippen molar-refractivity contribution in [1.82, 2.24) is 0 Å². The normalized spacial score (nSPS) is 10.4. The van der Waals surface area contributed by atoms with Gasteiger partial charge in [0.05, 0.1) is 0 Å². The van der Waals surface area contributed by atoms with Crippen LogP contribution in [0.4, 0.5) is 0 Å². The highest BCUT2D eigenvalue weighted by Crippen LogP contribution is 2.29. The Kier molecular flexibility index (Phi) is 3.93. The fourth-order valence-electron chi connectivity index (χ4n) is 1.87. The minimum Gasteiger partial charge on any atom is -0.457 e. The van der Waals surface area contributed by atoms with Crippen molar-refractivity contribution in [3.05, 3.63) is 58.7 Å². The van der Waals surface area contributed by atoms with Crippen LogP contribution in [0.5, 0.6) is 11.5 Å². The fraction of sp³-hybridized carbons (Fsp3) is 0.250. The molecule has 0 spiro atoms. The van der Waals surface area contributed by atoms with E-state index in [1.165, 1.54) is 5.56 Å². The van der Waals surface area contributed by atoms with Gasteiger partial charge in [-0.2, -0.15) is 0 Å². The lowest BCUT2D eigenvalue weighted by atomic mass is 10.1. The van der Waals surface area contributed by atoms with Crippen molar-refractivity contribution >= 4 is 11.6 Å². The lowest BCUT2D eigenvalue weighted by Gasteiger charge is -2.12. The summed E-state index contributed by atoms with van der Waals surface area (Å²) < 4.78 is 5.98. The molecule has 2 aromatic carbocycles. The summed E-state index contributed by atoms with van der Waals surface area (Å²) in [7, 11) is 0. The summed E-state index contributed by atoms with van der Waals surface area (Å²) in [6.07, 6.45) is 0. The van der Waals surface area contributed by atoms with E-state index >= 15 is 0 Å². The third kappa shape index (κ3) is 2.85. The van der Waals surface area contributed by atoms with Gasteiger partial charge in [0.15, 0.2) is 0 Å². The quantitative estimate of drug-likeness (QED) is 0.694. The molecule has 0 bridgehead atoms. The maximum absolute atomic E-state index is 5.98. The zero-order chi connectivity index (χ0) is 13.1. The number of alkyl halides is 1. The summed E-state index contributed by atoms with van der Waals surface area (Å²) in [6.45, 7) is 6.18. The van der Waals surface area contributed by atoms with Gasteiger partial charge in [0.1, 0.15) is 11.5 Å². The fourth-order valence-corrected chi connectivity index (χ4v) is 2.04. The Bertz CT molecular complexity index is 561. The summed E-state index contributed by atoms with van der Waals surface area (Å²) in [5.74, 6) is 2.28. The molecule has 0 aliphatic rings. The van der Waals surface area contributed by atoms with Gasteiger partial charge in [0, 0.05) is 5.88 Å². The standard InChI is InChI=1S/C16H17ClO/c1-11-4-7-15(13(3)8-11)18-16-9-14(10-17)6-5-12(16)2/h4-9H,10H2,1-3H3. The minimum atomic E-state index is 0.503. The van der Waals surface area contributed by atoms with Gasteiger partial charge in [0.25, 0.3) is 0 Å². The van der Waals surface area contributed by atoms with Crippen LogP contribution in [0.2, 0.25) is 0 Å². The number of rotatable bonds is 3. The van der Waals surface area contributed by atoms with E-state index in [2.05, 4.69) is 26.0 Å². The zero-order valence-electron chi connectivity index (χ0n) is 11.0. The van der Waals surface area contributed by atoms with Gasteiger partial charge in [-0.05, 0) is 49.6 Å². The molecule has 0 radical (unpaired) electrons. The Balaban J connectivity index is 2.33. The van der Waals surface area contributed by atoms with Crippen LogP contribution in [0, 0.1) is 20.8 Å². The van der Waals surface area contributed by atoms with E-state index < -0.39 is 0 Å². The molecule has 1 nitrogen and oxygen atoms in total. The topological polar surface area (TPSA) is 9.23 Å². The summed E-state index contributed by atoms with van der Waals surface area (Å²) >= 11 is 5.85. The minimum absolute atomic E-state index is 0.503. The van der Waals surface area contributed by atoms with Gasteiger partial charge in [-0.15, -0.1) is 11.6 Å². The van der Waals surface area contributed by atoms with Crippen LogP contribution < -0.4 is 4.74 Å². The molecule has 0 unspecified atom stereocenters. The number of aryl methyl sites for hydroxylation is 3. The molecule has 0 aliphatic carbocycles. The second-order valence-electron chi connectivity index (χ2n) is 4.60. The second kappa shape index (κ2) is 5.45. The van der Waals surface area contributed by atoms with Crippen LogP contribution >= 0.6 is 11.6 Å². The van der Waals surface area contributed by atoms with Crippen LogP contribution in [-0.4, -0.2) is 0 Å². The zero-order valence-corrected chi connectivity index (χ0v) is 11.7. The van der Waals surface area contributed by atoms with E-state index in [4.69, 9.17) is 16.3 Å². The molecule has 0 fully saturated rings. The van der Waals surface area contributed by atoms with E-state index in [1.807, 2.05) is 31.2 Å². The van der Waals surface area contributed by atoms with Crippen molar-refractivity contribution in [1.29, 1.82) is 0 Å². The first-order chi connectivity index (χ1) is 8.60. The average molecular weight is 261 g/mol. The van der Waals surface area contributed by atoms with Crippen molar-refractivity contribution in [3.8, 4) is 11.5 Å². The number of hydrogen-bond acceptors (Lipinski definition) is 1. The molecule has 0 amide bonds. The molecular weight excluding hydrogens is 244 g/mol. The van der Waals surface area contributed by atoms with E-state index in [-0.39, 0.29) is 0 Å². The Labute approximate surface area is 113 Å². The lowest BCUT2D eigenvalue weighted by molar-refractivity contribution is 0.474. The van der Waals surface area contributed by atoms with Crippen LogP contribution in [0.3, 0.4) is 0 Å². The van der Waals surface area contributed by atoms with E-state index in [1.54, 1.807) is 0 Å². The molecule has 2 rings (SSSR count).